The Bertz CT molecular complexity index is 633. The normalized spacial score (nSPS) is 10.2. The van der Waals surface area contributed by atoms with Gasteiger partial charge in [0.2, 0.25) is 0 Å². The molecule has 0 aromatic heterocycles. The molecule has 0 fully saturated rings. The van der Waals surface area contributed by atoms with E-state index in [0.29, 0.717) is 16.3 Å². The average Bonchev–Trinajstić information content (AvgIpc) is 2.43. The van der Waals surface area contributed by atoms with Gasteiger partial charge in [-0.1, -0.05) is 29.8 Å². The molecule has 0 aliphatic carbocycles. The maximum absolute atomic E-state index is 12.3. The molecule has 0 spiro atoms. The minimum absolute atomic E-state index is 0.183. The zero-order valence-corrected chi connectivity index (χ0v) is 12.4. The molecule has 104 valence electrons. The molecule has 0 saturated heterocycles. The van der Waals surface area contributed by atoms with E-state index in [2.05, 4.69) is 5.32 Å². The first-order valence-corrected chi connectivity index (χ1v) is 6.62. The van der Waals surface area contributed by atoms with Crippen molar-refractivity contribution in [3.8, 4) is 5.75 Å². The summed E-state index contributed by atoms with van der Waals surface area (Å²) in [7, 11) is 1.52. The molecule has 0 saturated carbocycles. The highest BCUT2D eigenvalue weighted by molar-refractivity contribution is 6.32. The number of carbonyl (C=O) groups excluding carboxylic acids is 1. The van der Waals surface area contributed by atoms with Crippen LogP contribution in [0.5, 0.6) is 5.75 Å². The molecule has 0 aliphatic heterocycles. The summed E-state index contributed by atoms with van der Waals surface area (Å²) >= 11 is 5.95. The van der Waals surface area contributed by atoms with Crippen LogP contribution in [-0.2, 0) is 0 Å². The number of amides is 1. The fourth-order valence-corrected chi connectivity index (χ4v) is 2.19. The fourth-order valence-electron chi connectivity index (χ4n) is 2.00. The molecule has 2 aromatic carbocycles. The van der Waals surface area contributed by atoms with Crippen LogP contribution < -0.4 is 10.1 Å². The lowest BCUT2D eigenvalue weighted by atomic mass is 10.1. The van der Waals surface area contributed by atoms with Crippen molar-refractivity contribution in [2.24, 2.45) is 0 Å². The second kappa shape index (κ2) is 5.97. The molecule has 0 radical (unpaired) electrons. The molecule has 1 amide bonds. The number of halogens is 1. The second-order valence-electron chi connectivity index (χ2n) is 4.57. The van der Waals surface area contributed by atoms with Gasteiger partial charge in [-0.3, -0.25) is 4.79 Å². The van der Waals surface area contributed by atoms with E-state index in [0.717, 1.165) is 16.8 Å². The largest absolute Gasteiger partial charge is 0.495 e. The van der Waals surface area contributed by atoms with Crippen molar-refractivity contribution >= 4 is 23.2 Å². The van der Waals surface area contributed by atoms with E-state index in [-0.39, 0.29) is 5.91 Å². The summed E-state index contributed by atoms with van der Waals surface area (Å²) in [6.07, 6.45) is 0. The molecule has 20 heavy (non-hydrogen) atoms. The van der Waals surface area contributed by atoms with E-state index in [9.17, 15) is 4.79 Å². The van der Waals surface area contributed by atoms with Gasteiger partial charge >= 0.3 is 0 Å². The van der Waals surface area contributed by atoms with Gasteiger partial charge in [0, 0.05) is 11.3 Å². The number of anilines is 1. The number of methoxy groups -OCH3 is 1. The van der Waals surface area contributed by atoms with Crippen LogP contribution in [0.4, 0.5) is 5.69 Å². The summed E-state index contributed by atoms with van der Waals surface area (Å²) in [4.78, 5) is 12.3. The molecule has 3 nitrogen and oxygen atoms in total. The summed E-state index contributed by atoms with van der Waals surface area (Å²) in [6, 6.07) is 10.8. The Kier molecular flexibility index (Phi) is 4.30. The van der Waals surface area contributed by atoms with E-state index in [1.165, 1.54) is 7.11 Å². The van der Waals surface area contributed by atoms with E-state index in [4.69, 9.17) is 16.3 Å². The first-order valence-electron chi connectivity index (χ1n) is 6.24. The van der Waals surface area contributed by atoms with Crippen LogP contribution in [0.25, 0.3) is 0 Å². The predicted molar refractivity (Wildman–Crippen MR) is 81.9 cm³/mol. The standard InChI is InChI=1S/C16H16ClNO2/c1-10-5-4-6-11(2)15(10)18-16(19)12-7-8-13(17)14(9-12)20-3/h4-9H,1-3H3,(H,18,19). The van der Waals surface area contributed by atoms with Crippen molar-refractivity contribution in [1.82, 2.24) is 0 Å². The van der Waals surface area contributed by atoms with E-state index >= 15 is 0 Å². The van der Waals surface area contributed by atoms with E-state index < -0.39 is 0 Å². The first-order chi connectivity index (χ1) is 9.52. The van der Waals surface area contributed by atoms with Gasteiger partial charge < -0.3 is 10.1 Å². The van der Waals surface area contributed by atoms with Gasteiger partial charge in [0.15, 0.2) is 0 Å². The highest BCUT2D eigenvalue weighted by atomic mass is 35.5. The third kappa shape index (κ3) is 2.94. The maximum atomic E-state index is 12.3. The number of nitrogens with one attached hydrogen (secondary N) is 1. The third-order valence-electron chi connectivity index (χ3n) is 3.13. The van der Waals surface area contributed by atoms with Crippen LogP contribution in [0, 0.1) is 13.8 Å². The van der Waals surface area contributed by atoms with Crippen LogP contribution >= 0.6 is 11.6 Å². The minimum Gasteiger partial charge on any atom is -0.495 e. The van der Waals surface area contributed by atoms with Gasteiger partial charge in [0.05, 0.1) is 12.1 Å². The average molecular weight is 290 g/mol. The molecule has 0 atom stereocenters. The minimum atomic E-state index is -0.183. The Morgan fingerprint density at radius 3 is 2.40 bits per heavy atom. The maximum Gasteiger partial charge on any atom is 0.255 e. The number of carbonyl (C=O) groups is 1. The monoisotopic (exact) mass is 289 g/mol. The molecule has 2 aromatic rings. The highest BCUT2D eigenvalue weighted by Crippen LogP contribution is 2.26. The number of hydrogen-bond acceptors (Lipinski definition) is 2. The third-order valence-corrected chi connectivity index (χ3v) is 3.45. The number of aryl methyl sites for hydroxylation is 2. The summed E-state index contributed by atoms with van der Waals surface area (Å²) in [6.45, 7) is 3.93. The summed E-state index contributed by atoms with van der Waals surface area (Å²) in [5.41, 5.74) is 3.40. The van der Waals surface area contributed by atoms with Crippen molar-refractivity contribution in [2.75, 3.05) is 12.4 Å². The highest BCUT2D eigenvalue weighted by Gasteiger charge is 2.11. The van der Waals surface area contributed by atoms with Crippen molar-refractivity contribution in [2.45, 2.75) is 13.8 Å². The molecule has 4 heteroatoms. The Balaban J connectivity index is 2.29. The van der Waals surface area contributed by atoms with E-state index in [1.54, 1.807) is 18.2 Å². The Morgan fingerprint density at radius 1 is 1.15 bits per heavy atom. The Labute approximate surface area is 123 Å². The smallest absolute Gasteiger partial charge is 0.255 e. The molecular weight excluding hydrogens is 274 g/mol. The summed E-state index contributed by atoms with van der Waals surface area (Å²) in [5, 5.41) is 3.41. The number of rotatable bonds is 3. The zero-order chi connectivity index (χ0) is 14.7. The van der Waals surface area contributed by atoms with Gasteiger partial charge in [-0.25, -0.2) is 0 Å². The molecular formula is C16H16ClNO2. The van der Waals surface area contributed by atoms with Crippen LogP contribution in [0.3, 0.4) is 0 Å². The lowest BCUT2D eigenvalue weighted by molar-refractivity contribution is 0.102. The first kappa shape index (κ1) is 14.4. The summed E-state index contributed by atoms with van der Waals surface area (Å²) in [5.74, 6) is 0.304. The molecule has 0 unspecified atom stereocenters. The van der Waals surface area contributed by atoms with Gasteiger partial charge in [0.25, 0.3) is 5.91 Å². The molecule has 1 N–H and O–H groups in total. The van der Waals surface area contributed by atoms with Gasteiger partial charge in [-0.05, 0) is 43.2 Å². The number of ether oxygens (including phenoxy) is 1. The quantitative estimate of drug-likeness (QED) is 0.919. The van der Waals surface area contributed by atoms with Gasteiger partial charge in [0.1, 0.15) is 5.75 Å². The topological polar surface area (TPSA) is 38.3 Å². The molecule has 0 aliphatic rings. The van der Waals surface area contributed by atoms with Crippen molar-refractivity contribution in [1.29, 1.82) is 0 Å². The number of benzene rings is 2. The molecule has 2 rings (SSSR count). The van der Waals surface area contributed by atoms with Crippen molar-refractivity contribution in [3.63, 3.8) is 0 Å². The fraction of sp³-hybridized carbons (Fsp3) is 0.188. The SMILES string of the molecule is COc1cc(C(=O)Nc2c(C)cccc2C)ccc1Cl. The van der Waals surface area contributed by atoms with Crippen LogP contribution in [0.1, 0.15) is 21.5 Å². The Morgan fingerprint density at radius 2 is 1.80 bits per heavy atom. The van der Waals surface area contributed by atoms with Crippen molar-refractivity contribution in [3.05, 3.63) is 58.1 Å². The van der Waals surface area contributed by atoms with Crippen LogP contribution in [0.15, 0.2) is 36.4 Å². The van der Waals surface area contributed by atoms with Crippen LogP contribution in [0.2, 0.25) is 5.02 Å². The van der Waals surface area contributed by atoms with Crippen LogP contribution in [-0.4, -0.2) is 13.0 Å². The number of para-hydroxylation sites is 1. The predicted octanol–water partition coefficient (Wildman–Crippen LogP) is 4.22. The lowest BCUT2D eigenvalue weighted by Gasteiger charge is -2.12. The molecule has 0 heterocycles. The Hall–Kier alpha value is -2.00. The summed E-state index contributed by atoms with van der Waals surface area (Å²) < 4.78 is 5.12. The number of hydrogen-bond donors (Lipinski definition) is 1. The van der Waals surface area contributed by atoms with Gasteiger partial charge in [-0.2, -0.15) is 0 Å². The van der Waals surface area contributed by atoms with E-state index in [1.807, 2.05) is 32.0 Å². The van der Waals surface area contributed by atoms with Crippen molar-refractivity contribution < 1.29 is 9.53 Å². The van der Waals surface area contributed by atoms with Gasteiger partial charge in [-0.15, -0.1) is 0 Å². The zero-order valence-electron chi connectivity index (χ0n) is 11.7. The molecule has 0 bridgehead atoms. The second-order valence-corrected chi connectivity index (χ2v) is 4.98. The lowest BCUT2D eigenvalue weighted by Crippen LogP contribution is -2.13.